The van der Waals surface area contributed by atoms with Crippen molar-refractivity contribution in [3.63, 3.8) is 0 Å². The van der Waals surface area contributed by atoms with Crippen molar-refractivity contribution < 1.29 is 4.79 Å². The highest BCUT2D eigenvalue weighted by atomic mass is 16.1. The normalized spacial score (nSPS) is 18.7. The predicted octanol–water partition coefficient (Wildman–Crippen LogP) is 5.49. The molecular formula is C28H34N4O. The molecule has 0 radical (unpaired) electrons. The maximum absolute atomic E-state index is 12.5. The van der Waals surface area contributed by atoms with Gasteiger partial charge in [0.25, 0.3) is 0 Å². The highest BCUT2D eigenvalue weighted by molar-refractivity contribution is 5.97. The van der Waals surface area contributed by atoms with Gasteiger partial charge >= 0.3 is 0 Å². The number of nitrogens with one attached hydrogen (secondary N) is 2. The number of para-hydroxylation sites is 1. The highest BCUT2D eigenvalue weighted by Gasteiger charge is 2.22. The zero-order chi connectivity index (χ0) is 23.2. The van der Waals surface area contributed by atoms with Gasteiger partial charge in [-0.3, -0.25) is 4.79 Å². The number of hydrogen-bond acceptors (Lipinski definition) is 4. The van der Waals surface area contributed by atoms with Crippen LogP contribution in [0.25, 0.3) is 17.0 Å². The number of amides is 1. The molecule has 1 saturated carbocycles. The van der Waals surface area contributed by atoms with E-state index < -0.39 is 0 Å². The first-order valence-corrected chi connectivity index (χ1v) is 11.8. The Hall–Kier alpha value is -3.34. The molecule has 3 aromatic rings. The molecule has 4 rings (SSSR count). The summed E-state index contributed by atoms with van der Waals surface area (Å²) in [4.78, 5) is 19.5. The number of carbonyl (C=O) groups is 1. The summed E-state index contributed by atoms with van der Waals surface area (Å²) in [5.41, 5.74) is 3.99. The second-order valence-electron chi connectivity index (χ2n) is 9.25. The molecule has 5 heteroatoms. The first-order valence-electron chi connectivity index (χ1n) is 11.8. The molecule has 0 spiro atoms. The van der Waals surface area contributed by atoms with Crippen LogP contribution < -0.4 is 15.5 Å². The van der Waals surface area contributed by atoms with Gasteiger partial charge in [-0.05, 0) is 56.2 Å². The van der Waals surface area contributed by atoms with E-state index in [2.05, 4.69) is 53.9 Å². The Labute approximate surface area is 196 Å². The molecular weight excluding hydrogens is 408 g/mol. The molecule has 172 valence electrons. The lowest BCUT2D eigenvalue weighted by molar-refractivity contribution is -0.117. The van der Waals surface area contributed by atoms with Crippen LogP contribution in [0.1, 0.15) is 38.2 Å². The van der Waals surface area contributed by atoms with Gasteiger partial charge < -0.3 is 15.5 Å². The van der Waals surface area contributed by atoms with Crippen molar-refractivity contribution in [1.29, 1.82) is 0 Å². The zero-order valence-corrected chi connectivity index (χ0v) is 19.8. The Morgan fingerprint density at radius 1 is 1.03 bits per heavy atom. The molecule has 1 aliphatic carbocycles. The Kier molecular flexibility index (Phi) is 7.28. The van der Waals surface area contributed by atoms with Crippen molar-refractivity contribution in [2.45, 2.75) is 38.6 Å². The molecule has 0 unspecified atom stereocenters. The van der Waals surface area contributed by atoms with Gasteiger partial charge in [-0.15, -0.1) is 0 Å². The highest BCUT2D eigenvalue weighted by Crippen LogP contribution is 2.30. The van der Waals surface area contributed by atoms with Crippen LogP contribution in [0.5, 0.6) is 0 Å². The molecule has 1 aromatic heterocycles. The fourth-order valence-electron chi connectivity index (χ4n) is 4.56. The van der Waals surface area contributed by atoms with Gasteiger partial charge in [-0.1, -0.05) is 48.5 Å². The topological polar surface area (TPSA) is 57.3 Å². The van der Waals surface area contributed by atoms with E-state index in [9.17, 15) is 4.79 Å². The number of nitrogens with zero attached hydrogens (tertiary/aromatic N) is 2. The second kappa shape index (κ2) is 10.5. The third-order valence-corrected chi connectivity index (χ3v) is 6.47. The minimum atomic E-state index is 0.0238. The lowest BCUT2D eigenvalue weighted by Crippen LogP contribution is -2.34. The molecule has 5 nitrogen and oxygen atoms in total. The fourth-order valence-corrected chi connectivity index (χ4v) is 4.56. The summed E-state index contributed by atoms with van der Waals surface area (Å²) >= 11 is 0. The third-order valence-electron chi connectivity index (χ3n) is 6.47. The van der Waals surface area contributed by atoms with Crippen LogP contribution in [0.4, 0.5) is 11.5 Å². The minimum Gasteiger partial charge on any atom is -0.377 e. The zero-order valence-electron chi connectivity index (χ0n) is 19.8. The molecule has 1 aliphatic rings. The third kappa shape index (κ3) is 5.92. The van der Waals surface area contributed by atoms with E-state index in [0.29, 0.717) is 12.0 Å². The van der Waals surface area contributed by atoms with Crippen LogP contribution in [0.3, 0.4) is 0 Å². The van der Waals surface area contributed by atoms with Crippen LogP contribution >= 0.6 is 0 Å². The van der Waals surface area contributed by atoms with Crippen LogP contribution in [0, 0.1) is 5.92 Å². The van der Waals surface area contributed by atoms with Gasteiger partial charge in [0.2, 0.25) is 5.91 Å². The Balaban J connectivity index is 1.29. The first-order chi connectivity index (χ1) is 16.0. The van der Waals surface area contributed by atoms with Crippen molar-refractivity contribution in [2.75, 3.05) is 30.9 Å². The summed E-state index contributed by atoms with van der Waals surface area (Å²) in [6.45, 7) is 2.62. The van der Waals surface area contributed by atoms with Gasteiger partial charge in [-0.2, -0.15) is 0 Å². The maximum Gasteiger partial charge on any atom is 0.246 e. The van der Waals surface area contributed by atoms with E-state index in [1.165, 1.54) is 11.1 Å². The molecule has 0 atom stereocenters. The van der Waals surface area contributed by atoms with E-state index in [0.717, 1.165) is 54.7 Å². The number of aromatic nitrogens is 1. The van der Waals surface area contributed by atoms with E-state index in [-0.39, 0.29) is 5.91 Å². The monoisotopic (exact) mass is 442 g/mol. The largest absolute Gasteiger partial charge is 0.377 e. The van der Waals surface area contributed by atoms with Crippen LogP contribution in [-0.2, 0) is 4.79 Å². The lowest BCUT2D eigenvalue weighted by Gasteiger charge is -2.30. The quantitative estimate of drug-likeness (QED) is 0.475. The molecule has 2 aromatic carbocycles. The van der Waals surface area contributed by atoms with E-state index >= 15 is 0 Å². The van der Waals surface area contributed by atoms with Gasteiger partial charge in [0, 0.05) is 49.4 Å². The van der Waals surface area contributed by atoms with Crippen molar-refractivity contribution in [3.05, 3.63) is 71.8 Å². The minimum absolute atomic E-state index is 0.0238. The summed E-state index contributed by atoms with van der Waals surface area (Å²) in [6, 6.07) is 20.8. The Morgan fingerprint density at radius 2 is 1.73 bits per heavy atom. The van der Waals surface area contributed by atoms with Gasteiger partial charge in [0.1, 0.15) is 5.82 Å². The maximum atomic E-state index is 12.5. The number of hydrogen-bond donors (Lipinski definition) is 2. The van der Waals surface area contributed by atoms with Gasteiger partial charge in [0.05, 0.1) is 5.52 Å². The average molecular weight is 443 g/mol. The number of rotatable bonds is 7. The van der Waals surface area contributed by atoms with Crippen LogP contribution in [0.15, 0.2) is 66.2 Å². The second-order valence-corrected chi connectivity index (χ2v) is 9.25. The molecule has 33 heavy (non-hydrogen) atoms. The van der Waals surface area contributed by atoms with E-state index in [1.54, 1.807) is 0 Å². The molecule has 0 aliphatic heterocycles. The van der Waals surface area contributed by atoms with E-state index in [1.807, 2.05) is 49.4 Å². The average Bonchev–Trinajstić information content (AvgIpc) is 2.83. The van der Waals surface area contributed by atoms with Crippen molar-refractivity contribution in [2.24, 2.45) is 5.92 Å². The van der Waals surface area contributed by atoms with Crippen molar-refractivity contribution >= 4 is 34.4 Å². The molecule has 2 N–H and O–H groups in total. The van der Waals surface area contributed by atoms with Crippen LogP contribution in [0.2, 0.25) is 0 Å². The number of carbonyl (C=O) groups excluding carboxylic acids is 1. The molecule has 1 fully saturated rings. The Morgan fingerprint density at radius 3 is 2.45 bits per heavy atom. The smallest absolute Gasteiger partial charge is 0.246 e. The number of anilines is 2. The summed E-state index contributed by atoms with van der Waals surface area (Å²) < 4.78 is 0. The number of fused-ring (bicyclic) bond motifs is 1. The van der Waals surface area contributed by atoms with E-state index in [4.69, 9.17) is 4.98 Å². The summed E-state index contributed by atoms with van der Waals surface area (Å²) in [6.07, 6.45) is 6.33. The Bertz CT molecular complexity index is 1120. The van der Waals surface area contributed by atoms with Crippen LogP contribution in [-0.4, -0.2) is 37.6 Å². The van der Waals surface area contributed by atoms with Gasteiger partial charge in [-0.25, -0.2) is 4.98 Å². The SMILES string of the molecule is C/C(=C\c1ccccc1)C(=O)NC[C@H]1CC[C@@H](Nc2cc(N(C)C)c3ccccc3n2)CC1. The summed E-state index contributed by atoms with van der Waals surface area (Å²) in [7, 11) is 4.14. The molecule has 1 amide bonds. The first kappa shape index (κ1) is 22.8. The van der Waals surface area contributed by atoms with Gasteiger partial charge in [0.15, 0.2) is 0 Å². The standard InChI is InChI=1S/C28H34N4O/c1-20(17-21-9-5-4-6-10-21)28(33)29-19-22-13-15-23(16-14-22)30-27-18-26(32(2)3)24-11-7-8-12-25(24)31-27/h4-12,17-18,22-23H,13-16,19H2,1-3H3,(H,29,33)(H,30,31)/b20-17+/t22-,23+. The number of benzene rings is 2. The number of pyridine rings is 1. The summed E-state index contributed by atoms with van der Waals surface area (Å²) in [5.74, 6) is 1.49. The molecule has 0 saturated heterocycles. The predicted molar refractivity (Wildman–Crippen MR) is 139 cm³/mol. The lowest BCUT2D eigenvalue weighted by atomic mass is 9.86. The van der Waals surface area contributed by atoms with Crippen molar-refractivity contribution in [3.8, 4) is 0 Å². The molecule has 0 bridgehead atoms. The summed E-state index contributed by atoms with van der Waals surface area (Å²) in [5, 5.41) is 7.97. The molecule has 1 heterocycles. The fraction of sp³-hybridized carbons (Fsp3) is 0.357. The van der Waals surface area contributed by atoms with Crippen molar-refractivity contribution in [1.82, 2.24) is 10.3 Å².